The molecule has 3 heteroatoms. The van der Waals surface area contributed by atoms with Crippen molar-refractivity contribution in [1.82, 2.24) is 4.90 Å². The van der Waals surface area contributed by atoms with Crippen molar-refractivity contribution >= 4 is 0 Å². The van der Waals surface area contributed by atoms with Gasteiger partial charge in [0.15, 0.2) is 0 Å². The first-order chi connectivity index (χ1) is 7.05. The number of aliphatic hydroxyl groups excluding tert-OH is 1. The third kappa shape index (κ3) is 7.77. The van der Waals surface area contributed by atoms with Gasteiger partial charge in [0.05, 0.1) is 6.61 Å². The van der Waals surface area contributed by atoms with E-state index in [1.165, 1.54) is 25.9 Å². The second-order valence-electron chi connectivity index (χ2n) is 4.76. The Bertz CT molecular complexity index is 143. The van der Waals surface area contributed by atoms with E-state index in [0.717, 1.165) is 19.4 Å². The van der Waals surface area contributed by atoms with Gasteiger partial charge in [0.2, 0.25) is 0 Å². The van der Waals surface area contributed by atoms with Crippen molar-refractivity contribution in [3.05, 3.63) is 0 Å². The molecule has 0 amide bonds. The van der Waals surface area contributed by atoms with E-state index in [1.807, 2.05) is 6.92 Å². The molecule has 1 atom stereocenters. The summed E-state index contributed by atoms with van der Waals surface area (Å²) in [4.78, 5) is 2.48. The van der Waals surface area contributed by atoms with Crippen molar-refractivity contribution in [3.8, 4) is 0 Å². The summed E-state index contributed by atoms with van der Waals surface area (Å²) >= 11 is 0. The third-order valence-electron chi connectivity index (χ3n) is 2.66. The van der Waals surface area contributed by atoms with Gasteiger partial charge in [-0.15, -0.1) is 0 Å². The van der Waals surface area contributed by atoms with Crippen LogP contribution in [-0.2, 0) is 0 Å². The van der Waals surface area contributed by atoms with Crippen LogP contribution in [-0.4, -0.2) is 41.8 Å². The Labute approximate surface area is 94.6 Å². The average Bonchev–Trinajstić information content (AvgIpc) is 2.18. The zero-order chi connectivity index (χ0) is 11.7. The minimum Gasteiger partial charge on any atom is -0.394 e. The molecule has 0 fully saturated rings. The number of nitrogens with zero attached hydrogens (tertiary/aromatic N) is 1. The van der Waals surface area contributed by atoms with Crippen LogP contribution >= 0.6 is 0 Å². The quantitative estimate of drug-likeness (QED) is 0.615. The van der Waals surface area contributed by atoms with E-state index in [9.17, 15) is 0 Å². The van der Waals surface area contributed by atoms with E-state index >= 15 is 0 Å². The summed E-state index contributed by atoms with van der Waals surface area (Å²) in [7, 11) is 0. The molecule has 0 aliphatic heterocycles. The van der Waals surface area contributed by atoms with E-state index in [2.05, 4.69) is 18.7 Å². The van der Waals surface area contributed by atoms with Crippen LogP contribution in [0.2, 0.25) is 0 Å². The first kappa shape index (κ1) is 14.9. The largest absolute Gasteiger partial charge is 0.394 e. The van der Waals surface area contributed by atoms with Crippen LogP contribution in [0.5, 0.6) is 0 Å². The summed E-state index contributed by atoms with van der Waals surface area (Å²) in [6.07, 6.45) is 4.39. The molecule has 15 heavy (non-hydrogen) atoms. The Hall–Kier alpha value is -0.120. The highest BCUT2D eigenvalue weighted by Crippen LogP contribution is 2.08. The Balaban J connectivity index is 3.69. The SMILES string of the molecule is CCCN(CCC)CCCC(C)(N)CO. The molecule has 0 spiro atoms. The molecule has 0 heterocycles. The van der Waals surface area contributed by atoms with Crippen molar-refractivity contribution in [2.24, 2.45) is 5.73 Å². The molecular weight excluding hydrogens is 188 g/mol. The highest BCUT2D eigenvalue weighted by Gasteiger charge is 2.16. The molecular formula is C12H28N2O. The molecule has 0 aliphatic carbocycles. The van der Waals surface area contributed by atoms with E-state index < -0.39 is 5.54 Å². The lowest BCUT2D eigenvalue weighted by atomic mass is 9.98. The molecule has 0 aromatic carbocycles. The van der Waals surface area contributed by atoms with Gasteiger partial charge in [-0.3, -0.25) is 0 Å². The van der Waals surface area contributed by atoms with E-state index in [-0.39, 0.29) is 6.61 Å². The summed E-state index contributed by atoms with van der Waals surface area (Å²) in [5, 5.41) is 9.03. The second kappa shape index (κ2) is 8.08. The van der Waals surface area contributed by atoms with Crippen molar-refractivity contribution in [1.29, 1.82) is 0 Å². The minimum absolute atomic E-state index is 0.0779. The monoisotopic (exact) mass is 216 g/mol. The molecule has 3 nitrogen and oxygen atoms in total. The first-order valence-corrected chi connectivity index (χ1v) is 6.17. The van der Waals surface area contributed by atoms with Crippen molar-refractivity contribution < 1.29 is 5.11 Å². The van der Waals surface area contributed by atoms with Gasteiger partial charge in [0.1, 0.15) is 0 Å². The molecule has 1 unspecified atom stereocenters. The highest BCUT2D eigenvalue weighted by molar-refractivity contribution is 4.77. The van der Waals surface area contributed by atoms with Crippen LogP contribution in [0, 0.1) is 0 Å². The molecule has 0 bridgehead atoms. The van der Waals surface area contributed by atoms with Crippen molar-refractivity contribution in [2.45, 2.75) is 52.0 Å². The lowest BCUT2D eigenvalue weighted by molar-refractivity contribution is 0.187. The van der Waals surface area contributed by atoms with Crippen LogP contribution in [0.1, 0.15) is 46.5 Å². The van der Waals surface area contributed by atoms with Crippen molar-refractivity contribution in [2.75, 3.05) is 26.2 Å². The van der Waals surface area contributed by atoms with Gasteiger partial charge >= 0.3 is 0 Å². The predicted octanol–water partition coefficient (Wildman–Crippen LogP) is 1.60. The number of hydrogen-bond donors (Lipinski definition) is 2. The van der Waals surface area contributed by atoms with Gasteiger partial charge in [0, 0.05) is 5.54 Å². The fourth-order valence-corrected chi connectivity index (χ4v) is 1.75. The first-order valence-electron chi connectivity index (χ1n) is 6.17. The normalized spacial score (nSPS) is 15.6. The average molecular weight is 216 g/mol. The van der Waals surface area contributed by atoms with Crippen LogP contribution in [0.4, 0.5) is 0 Å². The molecule has 3 N–H and O–H groups in total. The van der Waals surface area contributed by atoms with Gasteiger partial charge in [0.25, 0.3) is 0 Å². The number of hydrogen-bond acceptors (Lipinski definition) is 3. The lowest BCUT2D eigenvalue weighted by Gasteiger charge is -2.25. The smallest absolute Gasteiger partial charge is 0.0608 e. The summed E-state index contributed by atoms with van der Waals surface area (Å²) in [5.74, 6) is 0. The van der Waals surface area contributed by atoms with Gasteiger partial charge in [-0.05, 0) is 52.2 Å². The zero-order valence-electron chi connectivity index (χ0n) is 10.6. The standard InChI is InChI=1S/C12H28N2O/c1-4-8-14(9-5-2)10-6-7-12(3,13)11-15/h15H,4-11,13H2,1-3H3. The third-order valence-corrected chi connectivity index (χ3v) is 2.66. The van der Waals surface area contributed by atoms with Gasteiger partial charge in [-0.25, -0.2) is 0 Å². The molecule has 0 aromatic rings. The number of rotatable bonds is 9. The summed E-state index contributed by atoms with van der Waals surface area (Å²) in [6, 6.07) is 0. The van der Waals surface area contributed by atoms with Crippen LogP contribution in [0.25, 0.3) is 0 Å². The van der Waals surface area contributed by atoms with Gasteiger partial charge < -0.3 is 15.7 Å². The Morgan fingerprint density at radius 1 is 1.13 bits per heavy atom. The maximum absolute atomic E-state index is 9.03. The molecule has 0 rings (SSSR count). The highest BCUT2D eigenvalue weighted by atomic mass is 16.3. The fraction of sp³-hybridized carbons (Fsp3) is 1.00. The lowest BCUT2D eigenvalue weighted by Crippen LogP contribution is -2.41. The summed E-state index contributed by atoms with van der Waals surface area (Å²) < 4.78 is 0. The zero-order valence-corrected chi connectivity index (χ0v) is 10.6. The van der Waals surface area contributed by atoms with Crippen LogP contribution in [0.3, 0.4) is 0 Å². The topological polar surface area (TPSA) is 49.5 Å². The van der Waals surface area contributed by atoms with Crippen LogP contribution < -0.4 is 5.73 Å². The molecule has 0 aliphatic rings. The van der Waals surface area contributed by atoms with Gasteiger partial charge in [-0.1, -0.05) is 13.8 Å². The van der Waals surface area contributed by atoms with Gasteiger partial charge in [-0.2, -0.15) is 0 Å². The maximum atomic E-state index is 9.03. The Morgan fingerprint density at radius 3 is 2.07 bits per heavy atom. The van der Waals surface area contributed by atoms with Crippen molar-refractivity contribution in [3.63, 3.8) is 0 Å². The second-order valence-corrected chi connectivity index (χ2v) is 4.76. The molecule has 0 saturated heterocycles. The Kier molecular flexibility index (Phi) is 8.02. The van der Waals surface area contributed by atoms with E-state index in [4.69, 9.17) is 10.8 Å². The molecule has 0 aromatic heterocycles. The summed E-state index contributed by atoms with van der Waals surface area (Å²) in [6.45, 7) is 9.87. The molecule has 0 radical (unpaired) electrons. The summed E-state index contributed by atoms with van der Waals surface area (Å²) in [5.41, 5.74) is 5.48. The van der Waals surface area contributed by atoms with E-state index in [0.29, 0.717) is 0 Å². The van der Waals surface area contributed by atoms with Crippen LogP contribution in [0.15, 0.2) is 0 Å². The number of aliphatic hydroxyl groups is 1. The Morgan fingerprint density at radius 2 is 1.67 bits per heavy atom. The minimum atomic E-state index is -0.399. The number of nitrogens with two attached hydrogens (primary N) is 1. The predicted molar refractivity (Wildman–Crippen MR) is 65.9 cm³/mol. The maximum Gasteiger partial charge on any atom is 0.0608 e. The fourth-order valence-electron chi connectivity index (χ4n) is 1.75. The molecule has 0 saturated carbocycles. The van der Waals surface area contributed by atoms with E-state index in [1.54, 1.807) is 0 Å². The molecule has 92 valence electrons.